The van der Waals surface area contributed by atoms with Gasteiger partial charge in [0.05, 0.1) is 12.8 Å². The Kier molecular flexibility index (Phi) is 3.14. The first-order chi connectivity index (χ1) is 8.19. The summed E-state index contributed by atoms with van der Waals surface area (Å²) in [5.41, 5.74) is 8.82. The number of aryl methyl sites for hydroxylation is 1. The number of methoxy groups -OCH3 is 1. The average Bonchev–Trinajstić information content (AvgIpc) is 2.32. The van der Waals surface area contributed by atoms with E-state index in [1.807, 2.05) is 13.0 Å². The Balaban J connectivity index is 2.24. The fourth-order valence-corrected chi connectivity index (χ4v) is 1.45. The molecule has 4 nitrogen and oxygen atoms in total. The summed E-state index contributed by atoms with van der Waals surface area (Å²) in [6, 6.07) is 8.70. The molecule has 0 amide bonds. The smallest absolute Gasteiger partial charge is 0.147 e. The Morgan fingerprint density at radius 3 is 2.59 bits per heavy atom. The highest BCUT2D eigenvalue weighted by molar-refractivity contribution is 5.53. The van der Waals surface area contributed by atoms with Crippen molar-refractivity contribution in [3.63, 3.8) is 0 Å². The number of hydrogen-bond acceptors (Lipinski definition) is 3. The van der Waals surface area contributed by atoms with E-state index < -0.39 is 0 Å². The van der Waals surface area contributed by atoms with Crippen molar-refractivity contribution in [2.24, 2.45) is 0 Å². The van der Waals surface area contributed by atoms with Gasteiger partial charge in [-0.15, -0.1) is 0 Å². The van der Waals surface area contributed by atoms with Crippen molar-refractivity contribution < 1.29 is 9.47 Å². The molecule has 2 aromatic rings. The van der Waals surface area contributed by atoms with Crippen LogP contribution in [-0.4, -0.2) is 12.1 Å². The van der Waals surface area contributed by atoms with Crippen LogP contribution in [-0.2, 0) is 0 Å². The molecule has 0 aliphatic heterocycles. The third kappa shape index (κ3) is 2.66. The average molecular weight is 229 g/mol. The lowest BCUT2D eigenvalue weighted by atomic mass is 10.3. The zero-order valence-corrected chi connectivity index (χ0v) is 9.73. The van der Waals surface area contributed by atoms with Gasteiger partial charge in [-0.05, 0) is 25.1 Å². The summed E-state index contributed by atoms with van der Waals surface area (Å²) < 4.78 is 10.7. The summed E-state index contributed by atoms with van der Waals surface area (Å²) in [7, 11) is 1.54. The molecular formula is C13H13N2O2. The van der Waals surface area contributed by atoms with E-state index in [0.717, 1.165) is 11.4 Å². The minimum Gasteiger partial charge on any atom is -0.494 e. The molecule has 0 atom stereocenters. The van der Waals surface area contributed by atoms with Gasteiger partial charge in [-0.1, -0.05) is 0 Å². The molecular weight excluding hydrogens is 216 g/mol. The largest absolute Gasteiger partial charge is 0.494 e. The minimum atomic E-state index is 0.339. The van der Waals surface area contributed by atoms with Gasteiger partial charge in [0.25, 0.3) is 0 Å². The van der Waals surface area contributed by atoms with E-state index in [-0.39, 0.29) is 0 Å². The molecule has 0 unspecified atom stereocenters. The molecule has 0 aliphatic rings. The predicted molar refractivity (Wildman–Crippen MR) is 64.8 cm³/mol. The van der Waals surface area contributed by atoms with Crippen LogP contribution >= 0.6 is 0 Å². The van der Waals surface area contributed by atoms with E-state index in [1.54, 1.807) is 30.5 Å². The second-order valence-corrected chi connectivity index (χ2v) is 3.60. The quantitative estimate of drug-likeness (QED) is 0.812. The van der Waals surface area contributed by atoms with Crippen molar-refractivity contribution in [3.05, 3.63) is 42.2 Å². The van der Waals surface area contributed by atoms with Gasteiger partial charge in [-0.3, -0.25) is 10.7 Å². The summed E-state index contributed by atoms with van der Waals surface area (Å²) >= 11 is 0. The van der Waals surface area contributed by atoms with Gasteiger partial charge < -0.3 is 9.47 Å². The number of hydrogen-bond donors (Lipinski definition) is 0. The lowest BCUT2D eigenvalue weighted by Crippen LogP contribution is -1.89. The maximum absolute atomic E-state index is 7.59. The van der Waals surface area contributed by atoms with Crippen LogP contribution in [0.15, 0.2) is 36.5 Å². The molecule has 0 saturated heterocycles. The number of nitrogens with zero attached hydrogens (tertiary/aromatic N) is 1. The monoisotopic (exact) mass is 229 g/mol. The summed E-state index contributed by atoms with van der Waals surface area (Å²) in [5, 5.41) is 0. The van der Waals surface area contributed by atoms with Gasteiger partial charge in [0.1, 0.15) is 17.2 Å². The summed E-state index contributed by atoms with van der Waals surface area (Å²) in [4.78, 5) is 4.09. The van der Waals surface area contributed by atoms with Gasteiger partial charge >= 0.3 is 0 Å². The van der Waals surface area contributed by atoms with E-state index in [2.05, 4.69) is 4.98 Å². The maximum atomic E-state index is 7.59. The van der Waals surface area contributed by atoms with Crippen LogP contribution in [0.5, 0.6) is 17.2 Å². The third-order valence-corrected chi connectivity index (χ3v) is 2.28. The summed E-state index contributed by atoms with van der Waals surface area (Å²) in [5.74, 6) is 1.86. The standard InChI is InChI=1S/C13H13N2O2/c1-9-7-11(5-6-15-9)17-10-3-4-12(14)13(8-10)16-2/h3-8,14H,1-2H3. The zero-order valence-electron chi connectivity index (χ0n) is 9.73. The van der Waals surface area contributed by atoms with E-state index >= 15 is 0 Å². The molecule has 0 spiro atoms. The number of ether oxygens (including phenoxy) is 2. The van der Waals surface area contributed by atoms with E-state index in [0.29, 0.717) is 17.2 Å². The molecule has 2 rings (SSSR count). The highest BCUT2D eigenvalue weighted by Crippen LogP contribution is 2.30. The highest BCUT2D eigenvalue weighted by Gasteiger charge is 2.03. The maximum Gasteiger partial charge on any atom is 0.147 e. The van der Waals surface area contributed by atoms with Gasteiger partial charge in [-0.25, -0.2) is 0 Å². The molecule has 0 aliphatic carbocycles. The molecule has 1 aromatic heterocycles. The molecule has 4 heteroatoms. The first kappa shape index (κ1) is 11.3. The number of benzene rings is 1. The van der Waals surface area contributed by atoms with Gasteiger partial charge in [0.2, 0.25) is 0 Å². The van der Waals surface area contributed by atoms with Crippen LogP contribution in [0.3, 0.4) is 0 Å². The van der Waals surface area contributed by atoms with Gasteiger partial charge in [0.15, 0.2) is 0 Å². The lowest BCUT2D eigenvalue weighted by molar-refractivity contribution is 0.410. The van der Waals surface area contributed by atoms with Gasteiger partial charge in [-0.2, -0.15) is 0 Å². The van der Waals surface area contributed by atoms with E-state index in [4.69, 9.17) is 15.2 Å². The first-order valence-corrected chi connectivity index (χ1v) is 5.19. The molecule has 0 saturated carbocycles. The predicted octanol–water partition coefficient (Wildman–Crippen LogP) is 3.11. The molecule has 1 N–H and O–H groups in total. The molecule has 0 fully saturated rings. The number of aromatic nitrogens is 1. The number of nitrogens with one attached hydrogen (secondary N) is 1. The lowest BCUT2D eigenvalue weighted by Gasteiger charge is -2.08. The number of pyridine rings is 1. The zero-order chi connectivity index (χ0) is 12.3. The normalized spacial score (nSPS) is 10.0. The Hall–Kier alpha value is -2.23. The second kappa shape index (κ2) is 4.74. The van der Waals surface area contributed by atoms with Crippen molar-refractivity contribution >= 4 is 5.69 Å². The second-order valence-electron chi connectivity index (χ2n) is 3.60. The van der Waals surface area contributed by atoms with E-state index in [1.165, 1.54) is 7.11 Å². The molecule has 87 valence electrons. The van der Waals surface area contributed by atoms with Crippen LogP contribution in [0.4, 0.5) is 5.69 Å². The van der Waals surface area contributed by atoms with Crippen molar-refractivity contribution in [2.45, 2.75) is 6.92 Å². The Morgan fingerprint density at radius 2 is 1.88 bits per heavy atom. The fourth-order valence-electron chi connectivity index (χ4n) is 1.45. The van der Waals surface area contributed by atoms with Crippen molar-refractivity contribution in [1.82, 2.24) is 10.7 Å². The Morgan fingerprint density at radius 1 is 1.12 bits per heavy atom. The minimum absolute atomic E-state index is 0.339. The molecule has 0 bridgehead atoms. The van der Waals surface area contributed by atoms with Crippen LogP contribution in [0.1, 0.15) is 5.69 Å². The van der Waals surface area contributed by atoms with Crippen molar-refractivity contribution in [1.29, 1.82) is 0 Å². The molecule has 1 radical (unpaired) electrons. The first-order valence-electron chi connectivity index (χ1n) is 5.19. The highest BCUT2D eigenvalue weighted by atomic mass is 16.5. The van der Waals surface area contributed by atoms with Gasteiger partial charge in [0, 0.05) is 24.0 Å². The van der Waals surface area contributed by atoms with Crippen molar-refractivity contribution in [3.8, 4) is 17.2 Å². The SMILES string of the molecule is COc1cc(Oc2ccnc(C)c2)ccc1[NH]. The summed E-state index contributed by atoms with van der Waals surface area (Å²) in [6.45, 7) is 1.90. The fraction of sp³-hybridized carbons (Fsp3) is 0.154. The molecule has 1 aromatic carbocycles. The molecule has 1 heterocycles. The van der Waals surface area contributed by atoms with E-state index in [9.17, 15) is 0 Å². The number of rotatable bonds is 3. The third-order valence-electron chi connectivity index (χ3n) is 2.28. The van der Waals surface area contributed by atoms with Crippen LogP contribution < -0.4 is 15.2 Å². The topological polar surface area (TPSA) is 55.2 Å². The Bertz CT molecular complexity index is 527. The Labute approximate surface area is 100 Å². The van der Waals surface area contributed by atoms with Crippen LogP contribution in [0.25, 0.3) is 0 Å². The molecule has 17 heavy (non-hydrogen) atoms. The van der Waals surface area contributed by atoms with Crippen LogP contribution in [0, 0.1) is 6.92 Å². The van der Waals surface area contributed by atoms with Crippen molar-refractivity contribution in [2.75, 3.05) is 7.11 Å². The summed E-state index contributed by atoms with van der Waals surface area (Å²) in [6.07, 6.45) is 1.70. The van der Waals surface area contributed by atoms with Crippen LogP contribution in [0.2, 0.25) is 0 Å².